The average Bonchev–Trinajstić information content (AvgIpc) is 3.89. The number of alkyl halides is 1. The molecule has 2 fully saturated rings. The smallest absolute Gasteiger partial charge is 1.00 e. The predicted molar refractivity (Wildman–Crippen MR) is 211 cm³/mol. The first kappa shape index (κ1) is 51.8. The largest absolute Gasteiger partial charge is 1.00 e. The fourth-order valence-corrected chi connectivity index (χ4v) is 7.71. The van der Waals surface area contributed by atoms with Crippen LogP contribution in [0.2, 0.25) is 0 Å². The van der Waals surface area contributed by atoms with Crippen molar-refractivity contribution in [1.29, 1.82) is 0 Å². The topological polar surface area (TPSA) is 152 Å². The van der Waals surface area contributed by atoms with E-state index >= 15 is 0 Å². The maximum Gasteiger partial charge on any atom is 1.00 e. The van der Waals surface area contributed by atoms with Gasteiger partial charge in [0.15, 0.2) is 9.93 Å². The number of thioether (sulfide) groups is 1. The number of carbonyl (C=O) groups excluding carboxylic acids is 1. The number of hydrogen-bond donors (Lipinski definition) is 3. The van der Waals surface area contributed by atoms with Gasteiger partial charge in [-0.3, -0.25) is 14.4 Å². The number of aromatic nitrogens is 4. The van der Waals surface area contributed by atoms with Gasteiger partial charge in [0.25, 0.3) is 29.0 Å². The van der Waals surface area contributed by atoms with Gasteiger partial charge in [-0.05, 0) is 99.7 Å². The molecule has 2 saturated carbocycles. The summed E-state index contributed by atoms with van der Waals surface area (Å²) in [6.07, 6.45) is 8.77. The number of rotatable bonds is 7. The Kier molecular flexibility index (Phi) is 25.8. The number of H-pyrrole nitrogens is 3. The number of benzene rings is 2. The minimum Gasteiger partial charge on any atom is -1.00 e. The molecule has 0 saturated heterocycles. The molecule has 0 unspecified atom stereocenters. The van der Waals surface area contributed by atoms with Crippen molar-refractivity contribution in [1.82, 2.24) is 19.9 Å². The van der Waals surface area contributed by atoms with Crippen LogP contribution in [0.4, 0.5) is 11.4 Å². The van der Waals surface area contributed by atoms with Crippen molar-refractivity contribution in [2.75, 3.05) is 0 Å². The van der Waals surface area contributed by atoms with Crippen molar-refractivity contribution in [3.8, 4) is 0 Å². The number of aromatic amines is 3. The zero-order valence-corrected chi connectivity index (χ0v) is 41.0. The molecule has 2 heterocycles. The molecule has 0 atom stereocenters. The van der Waals surface area contributed by atoms with Crippen LogP contribution >= 0.6 is 35.6 Å². The molecule has 16 heteroatoms. The van der Waals surface area contributed by atoms with Crippen LogP contribution in [-0.2, 0) is 21.3 Å². The third kappa shape index (κ3) is 16.5. The summed E-state index contributed by atoms with van der Waals surface area (Å²) in [6, 6.07) is 12.7. The van der Waals surface area contributed by atoms with E-state index in [0.29, 0.717) is 27.4 Å². The second-order valence-electron chi connectivity index (χ2n) is 12.9. The fourth-order valence-electron chi connectivity index (χ4n) is 6.29. The van der Waals surface area contributed by atoms with E-state index in [9.17, 15) is 9.59 Å². The summed E-state index contributed by atoms with van der Waals surface area (Å²) in [7, 11) is 0. The second-order valence-corrected chi connectivity index (χ2v) is 14.6. The van der Waals surface area contributed by atoms with Crippen molar-refractivity contribution < 1.29 is 119 Å². The van der Waals surface area contributed by atoms with Gasteiger partial charge in [0.05, 0.1) is 18.8 Å². The van der Waals surface area contributed by atoms with E-state index in [1.165, 1.54) is 45.1 Å². The van der Waals surface area contributed by atoms with E-state index in [1.54, 1.807) is 0 Å². The molecule has 0 aliphatic heterocycles. The van der Waals surface area contributed by atoms with Gasteiger partial charge in [-0.15, -0.1) is 11.6 Å². The Morgan fingerprint density at radius 2 is 1.36 bits per heavy atom. The molecule has 2 aliphatic carbocycles. The van der Waals surface area contributed by atoms with Gasteiger partial charge in [0.2, 0.25) is 0 Å². The van der Waals surface area contributed by atoms with Crippen molar-refractivity contribution in [2.45, 2.75) is 108 Å². The molecule has 282 valence electrons. The van der Waals surface area contributed by atoms with Crippen molar-refractivity contribution in [3.05, 3.63) is 129 Å². The van der Waals surface area contributed by atoms with Crippen LogP contribution in [0, 0.1) is 45.6 Å². The molecule has 2 aliphatic rings. The van der Waals surface area contributed by atoms with Gasteiger partial charge < -0.3 is 26.5 Å². The predicted octanol–water partition coefficient (Wildman–Crippen LogP) is 3.13. The van der Waals surface area contributed by atoms with Crippen LogP contribution in [0.3, 0.4) is 0 Å². The van der Waals surface area contributed by atoms with Crippen LogP contribution < -0.4 is 119 Å². The van der Waals surface area contributed by atoms with Gasteiger partial charge in [0.1, 0.15) is 0 Å². The summed E-state index contributed by atoms with van der Waals surface area (Å²) in [5.41, 5.74) is 8.64. The monoisotopic (exact) mass is 854 g/mol. The summed E-state index contributed by atoms with van der Waals surface area (Å²) in [4.78, 5) is 54.5. The number of aryl methyl sites for hydroxylation is 4. The number of halogens is 1. The first-order chi connectivity index (χ1) is 25.4. The zero-order chi connectivity index (χ0) is 38.9. The van der Waals surface area contributed by atoms with E-state index in [1.807, 2.05) is 0 Å². The Labute approximate surface area is 423 Å². The van der Waals surface area contributed by atoms with E-state index in [-0.39, 0.29) is 139 Å². The van der Waals surface area contributed by atoms with Crippen LogP contribution in [0.5, 0.6) is 0 Å². The normalized spacial score (nSPS) is 13.1. The van der Waals surface area contributed by atoms with Gasteiger partial charge >= 0.3 is 103 Å². The summed E-state index contributed by atoms with van der Waals surface area (Å²) in [5, 5.41) is 9.05. The molecule has 4 aromatic rings. The molecule has 55 heavy (non-hydrogen) atoms. The molecular weight excluding hydrogens is 810 g/mol. The molecule has 3 N–H and O–H groups in total. The number of nitrogens with one attached hydrogen (secondary N) is 3. The van der Waals surface area contributed by atoms with Gasteiger partial charge in [0, 0.05) is 17.3 Å². The third-order valence-electron chi connectivity index (χ3n) is 9.13. The van der Waals surface area contributed by atoms with Crippen LogP contribution in [0.15, 0.2) is 51.1 Å². The van der Waals surface area contributed by atoms with Crippen LogP contribution in [0.25, 0.3) is 9.69 Å². The number of hydrogen-bond acceptors (Lipinski definition) is 8. The molecule has 0 bridgehead atoms. The Balaban J connectivity index is 0.000000813. The van der Waals surface area contributed by atoms with E-state index in [4.69, 9.17) is 47.0 Å². The van der Waals surface area contributed by atoms with Gasteiger partial charge in [-0.1, -0.05) is 85.0 Å². The Hall–Kier alpha value is -1.26. The quantitative estimate of drug-likeness (QED) is 0.0296. The SMILES string of the molecule is Cc1ccc(C)c(CCl)c1.O=CO[O-].[C-]#[N+]c1c(C2CCCC2)[nH]c(=S)[nH]c1=O.[C-]#[N+]c1c(C2CCCC2)nc(SCc2cc(C)ccc2C)[nH]c1=O.[H-].[K+].[K+]. The second kappa shape index (κ2) is 27.4. The van der Waals surface area contributed by atoms with Crippen molar-refractivity contribution >= 4 is 53.4 Å². The molecule has 0 amide bonds. The van der Waals surface area contributed by atoms with Crippen molar-refractivity contribution in [3.63, 3.8) is 0 Å². The maximum absolute atomic E-state index is 12.3. The molecule has 6 rings (SSSR count). The Morgan fingerprint density at radius 3 is 1.85 bits per heavy atom. The average molecular weight is 856 g/mol. The fraction of sp³-hybridized carbons (Fsp3) is 0.410. The molecule has 0 spiro atoms. The number of carbonyl (C=O) groups is 1. The van der Waals surface area contributed by atoms with Gasteiger partial charge in [-0.2, -0.15) is 0 Å². The van der Waals surface area contributed by atoms with Crippen LogP contribution in [0.1, 0.15) is 109 Å². The van der Waals surface area contributed by atoms with Crippen LogP contribution in [-0.4, -0.2) is 26.4 Å². The molecule has 2 aromatic heterocycles. The summed E-state index contributed by atoms with van der Waals surface area (Å²) in [6.45, 7) is 22.5. The Morgan fingerprint density at radius 1 is 0.873 bits per heavy atom. The van der Waals surface area contributed by atoms with Gasteiger partial charge in [-0.25, -0.2) is 14.7 Å². The first-order valence-corrected chi connectivity index (χ1v) is 19.2. The number of nitrogens with zero attached hydrogens (tertiary/aromatic N) is 3. The third-order valence-corrected chi connectivity index (χ3v) is 10.5. The zero-order valence-electron chi connectivity index (χ0n) is 33.3. The molecule has 2 aromatic carbocycles. The van der Waals surface area contributed by atoms with E-state index in [2.05, 4.69) is 98.6 Å². The minimum atomic E-state index is -0.365. The molecule has 11 nitrogen and oxygen atoms in total. The molecule has 0 radical (unpaired) electrons. The maximum atomic E-state index is 12.3. The summed E-state index contributed by atoms with van der Waals surface area (Å²) >= 11 is 12.2. The summed E-state index contributed by atoms with van der Waals surface area (Å²) < 4.78 is 0.314. The summed E-state index contributed by atoms with van der Waals surface area (Å²) in [5.74, 6) is 1.94. The first-order valence-electron chi connectivity index (χ1n) is 17.2. The van der Waals surface area contributed by atoms with Crippen molar-refractivity contribution in [2.24, 2.45) is 0 Å². The molecular formula is C39H45ClK2N6O5S2. The van der Waals surface area contributed by atoms with E-state index < -0.39 is 0 Å². The van der Waals surface area contributed by atoms with E-state index in [0.717, 1.165) is 62.8 Å². The standard InChI is InChI=1S/C19H21N3OS.C10H11N3OS.C9H11Cl.CH2O3.2K.H/c1-12-8-9-13(2)15(10-12)11-24-19-21-16(14-6-4-5-7-14)17(20-3)18(23)22-19;1-11-8-7(6-4-2-3-5-6)12-10(15)13-9(8)14;1-7-3-4-8(2)9(5-7)6-10;2-1-4-3;;;/h8-10,14H,4-7,11H2,1-2H3,(H,21,22,23);6H,2-5H2,(H2,12,13,14,15);3-5H,6H2,1-2H3;1,3H;;;/q;;;;2*+1;-1/p-1. The minimum absolute atomic E-state index is 0. The Bertz CT molecular complexity index is 2130.